The Balaban J connectivity index is 2.48. The number of hydrogen-bond acceptors (Lipinski definition) is 6. The lowest BCUT2D eigenvalue weighted by atomic mass is 10.0. The number of alkyl carbamates (subject to hydrolysis) is 1. The van der Waals surface area contributed by atoms with Gasteiger partial charge in [0.2, 0.25) is 15.7 Å². The Hall–Kier alpha value is -2.86. The second-order valence-corrected chi connectivity index (χ2v) is 9.28. The molecule has 0 aromatic heterocycles. The molecule has 0 aliphatic rings. The van der Waals surface area contributed by atoms with E-state index in [0.29, 0.717) is 6.42 Å². The SMILES string of the molecule is CC(Cc1ccc(S(=O)(=O)/C=C/C#N)cc1)C(=O)NCCNC(=O)OC(C)(C)C. The fourth-order valence-electron chi connectivity index (χ4n) is 2.30. The summed E-state index contributed by atoms with van der Waals surface area (Å²) >= 11 is 0. The van der Waals surface area contributed by atoms with Crippen LogP contribution in [0.3, 0.4) is 0 Å². The van der Waals surface area contributed by atoms with Gasteiger partial charge in [-0.1, -0.05) is 19.1 Å². The van der Waals surface area contributed by atoms with Crippen molar-refractivity contribution in [1.82, 2.24) is 10.6 Å². The molecule has 8 nitrogen and oxygen atoms in total. The van der Waals surface area contributed by atoms with E-state index in [-0.39, 0.29) is 29.8 Å². The number of nitrogens with one attached hydrogen (secondary N) is 2. The van der Waals surface area contributed by atoms with Crippen LogP contribution in [0.25, 0.3) is 0 Å². The highest BCUT2D eigenvalue weighted by atomic mass is 32.2. The third kappa shape index (κ3) is 9.25. The molecule has 29 heavy (non-hydrogen) atoms. The molecule has 0 spiro atoms. The van der Waals surface area contributed by atoms with E-state index >= 15 is 0 Å². The van der Waals surface area contributed by atoms with Crippen LogP contribution in [0.15, 0.2) is 40.6 Å². The van der Waals surface area contributed by atoms with Crippen LogP contribution in [-0.2, 0) is 25.8 Å². The number of allylic oxidation sites excluding steroid dienone is 1. The summed E-state index contributed by atoms with van der Waals surface area (Å²) in [7, 11) is -3.64. The maximum atomic E-state index is 12.2. The van der Waals surface area contributed by atoms with E-state index in [1.807, 2.05) is 0 Å². The van der Waals surface area contributed by atoms with Crippen molar-refractivity contribution in [3.63, 3.8) is 0 Å². The van der Waals surface area contributed by atoms with E-state index in [1.54, 1.807) is 45.9 Å². The van der Waals surface area contributed by atoms with Gasteiger partial charge >= 0.3 is 6.09 Å². The summed E-state index contributed by atoms with van der Waals surface area (Å²) in [4.78, 5) is 23.8. The summed E-state index contributed by atoms with van der Waals surface area (Å²) in [6, 6.07) is 7.82. The molecule has 2 amide bonds. The molecule has 0 saturated heterocycles. The van der Waals surface area contributed by atoms with E-state index < -0.39 is 21.5 Å². The van der Waals surface area contributed by atoms with Crippen LogP contribution >= 0.6 is 0 Å². The van der Waals surface area contributed by atoms with Crippen LogP contribution in [0.4, 0.5) is 4.79 Å². The van der Waals surface area contributed by atoms with Gasteiger partial charge in [0.15, 0.2) is 0 Å². The standard InChI is InChI=1S/C20H27N3O5S/c1-15(18(24)22-11-12-23-19(25)28-20(2,3)4)14-16-6-8-17(9-7-16)29(26,27)13-5-10-21/h5-9,13,15H,11-12,14H2,1-4H3,(H,22,24)(H,23,25)/b13-5+. The number of sulfone groups is 1. The highest BCUT2D eigenvalue weighted by molar-refractivity contribution is 7.94. The van der Waals surface area contributed by atoms with Crippen LogP contribution in [0.2, 0.25) is 0 Å². The fraction of sp³-hybridized carbons (Fsp3) is 0.450. The second-order valence-electron chi connectivity index (χ2n) is 7.45. The van der Waals surface area contributed by atoms with E-state index in [1.165, 1.54) is 12.1 Å². The number of amides is 2. The number of ether oxygens (including phenoxy) is 1. The lowest BCUT2D eigenvalue weighted by Gasteiger charge is -2.19. The number of benzene rings is 1. The zero-order valence-electron chi connectivity index (χ0n) is 17.1. The molecular formula is C20H27N3O5S. The quantitative estimate of drug-likeness (QED) is 0.490. The lowest BCUT2D eigenvalue weighted by Crippen LogP contribution is -2.39. The molecule has 0 aliphatic carbocycles. The monoisotopic (exact) mass is 421 g/mol. The minimum Gasteiger partial charge on any atom is -0.444 e. The molecule has 0 heterocycles. The smallest absolute Gasteiger partial charge is 0.407 e. The Morgan fingerprint density at radius 3 is 2.31 bits per heavy atom. The normalized spacial score (nSPS) is 12.8. The lowest BCUT2D eigenvalue weighted by molar-refractivity contribution is -0.124. The first-order valence-corrected chi connectivity index (χ1v) is 10.6. The minimum atomic E-state index is -3.64. The van der Waals surface area contributed by atoms with E-state index in [0.717, 1.165) is 17.0 Å². The predicted octanol–water partition coefficient (Wildman–Crippen LogP) is 2.32. The molecule has 1 atom stereocenters. The summed E-state index contributed by atoms with van der Waals surface area (Å²) in [5, 5.41) is 14.6. The Kier molecular flexibility index (Phi) is 8.85. The van der Waals surface area contributed by atoms with Gasteiger partial charge < -0.3 is 15.4 Å². The van der Waals surface area contributed by atoms with Gasteiger partial charge in [0.25, 0.3) is 0 Å². The van der Waals surface area contributed by atoms with Gasteiger partial charge in [-0.05, 0) is 44.9 Å². The number of rotatable bonds is 8. The summed E-state index contributed by atoms with van der Waals surface area (Å²) in [5.74, 6) is -0.512. The average Bonchev–Trinajstić information content (AvgIpc) is 2.62. The van der Waals surface area contributed by atoms with Crippen LogP contribution in [0, 0.1) is 17.2 Å². The number of nitriles is 1. The maximum Gasteiger partial charge on any atom is 0.407 e. The van der Waals surface area contributed by atoms with Crippen LogP contribution in [0.1, 0.15) is 33.3 Å². The van der Waals surface area contributed by atoms with Crippen LogP contribution in [-0.4, -0.2) is 39.1 Å². The van der Waals surface area contributed by atoms with E-state index in [9.17, 15) is 18.0 Å². The third-order valence-corrected chi connectivity index (χ3v) is 5.08. The zero-order chi connectivity index (χ0) is 22.1. The number of carbonyl (C=O) groups excluding carboxylic acids is 2. The van der Waals surface area contributed by atoms with Crippen molar-refractivity contribution in [1.29, 1.82) is 5.26 Å². The second kappa shape index (κ2) is 10.6. The van der Waals surface area contributed by atoms with Gasteiger partial charge in [-0.15, -0.1) is 0 Å². The van der Waals surface area contributed by atoms with Gasteiger partial charge in [0.1, 0.15) is 5.60 Å². The Labute approximate surface area is 171 Å². The van der Waals surface area contributed by atoms with Crippen molar-refractivity contribution in [2.24, 2.45) is 5.92 Å². The highest BCUT2D eigenvalue weighted by Crippen LogP contribution is 2.16. The average molecular weight is 422 g/mol. The first-order chi connectivity index (χ1) is 13.4. The third-order valence-electron chi connectivity index (χ3n) is 3.66. The molecule has 1 unspecified atom stereocenters. The predicted molar refractivity (Wildman–Crippen MR) is 108 cm³/mol. The number of carbonyl (C=O) groups is 2. The molecule has 158 valence electrons. The van der Waals surface area contributed by atoms with Crippen molar-refractivity contribution in [2.45, 2.75) is 44.6 Å². The maximum absolute atomic E-state index is 12.2. The molecule has 1 aromatic rings. The van der Waals surface area contributed by atoms with Gasteiger partial charge in [-0.3, -0.25) is 4.79 Å². The highest BCUT2D eigenvalue weighted by Gasteiger charge is 2.17. The molecule has 1 rings (SSSR count). The summed E-state index contributed by atoms with van der Waals surface area (Å²) in [5.41, 5.74) is 0.227. The van der Waals surface area contributed by atoms with Crippen molar-refractivity contribution in [3.05, 3.63) is 41.3 Å². The molecule has 0 fully saturated rings. The van der Waals surface area contributed by atoms with Crippen molar-refractivity contribution < 1.29 is 22.7 Å². The Morgan fingerprint density at radius 2 is 1.76 bits per heavy atom. The molecule has 1 aromatic carbocycles. The minimum absolute atomic E-state index is 0.0815. The van der Waals surface area contributed by atoms with Gasteiger partial charge in [-0.25, -0.2) is 13.2 Å². The van der Waals surface area contributed by atoms with Gasteiger partial charge in [-0.2, -0.15) is 5.26 Å². The molecule has 0 bridgehead atoms. The summed E-state index contributed by atoms with van der Waals surface area (Å²) < 4.78 is 29.0. The van der Waals surface area contributed by atoms with E-state index in [4.69, 9.17) is 10.00 Å². The first kappa shape index (κ1) is 24.2. The fourth-order valence-corrected chi connectivity index (χ4v) is 3.21. The molecule has 2 N–H and O–H groups in total. The number of hydrogen-bond donors (Lipinski definition) is 2. The van der Waals surface area contributed by atoms with Crippen molar-refractivity contribution in [3.8, 4) is 6.07 Å². The molecule has 0 radical (unpaired) electrons. The summed E-state index contributed by atoms with van der Waals surface area (Å²) in [6.07, 6.45) is 0.798. The van der Waals surface area contributed by atoms with Crippen LogP contribution < -0.4 is 10.6 Å². The molecule has 0 saturated carbocycles. The topological polar surface area (TPSA) is 125 Å². The van der Waals surface area contributed by atoms with Crippen LogP contribution in [0.5, 0.6) is 0 Å². The molecule has 0 aliphatic heterocycles. The van der Waals surface area contributed by atoms with Crippen molar-refractivity contribution >= 4 is 21.8 Å². The Bertz CT molecular complexity index is 878. The molecule has 9 heteroatoms. The largest absolute Gasteiger partial charge is 0.444 e. The van der Waals surface area contributed by atoms with Crippen molar-refractivity contribution in [2.75, 3.05) is 13.1 Å². The van der Waals surface area contributed by atoms with Gasteiger partial charge in [0, 0.05) is 30.5 Å². The first-order valence-electron chi connectivity index (χ1n) is 9.09. The summed E-state index contributed by atoms with van der Waals surface area (Å²) in [6.45, 7) is 7.57. The van der Waals surface area contributed by atoms with E-state index in [2.05, 4.69) is 10.6 Å². The van der Waals surface area contributed by atoms with Gasteiger partial charge in [0.05, 0.1) is 11.0 Å². The molecular weight excluding hydrogens is 394 g/mol. The number of nitrogens with zero attached hydrogens (tertiary/aromatic N) is 1. The Morgan fingerprint density at radius 1 is 1.17 bits per heavy atom. The zero-order valence-corrected chi connectivity index (χ0v) is 17.9.